The number of phenols is 1. The smallest absolute Gasteiger partial charge is 0.241 e. The molecule has 0 spiro atoms. The number of aryl methyl sites for hydroxylation is 2. The summed E-state index contributed by atoms with van der Waals surface area (Å²) in [7, 11) is 0. The van der Waals surface area contributed by atoms with Crippen molar-refractivity contribution in [1.82, 2.24) is 9.97 Å². The molecule has 0 bridgehead atoms. The summed E-state index contributed by atoms with van der Waals surface area (Å²) in [6.07, 6.45) is 1.67. The third kappa shape index (κ3) is 2.11. The number of para-hydroxylation sites is 2. The molecule has 1 aromatic heterocycles. The maximum atomic E-state index is 9.56. The summed E-state index contributed by atoms with van der Waals surface area (Å²) in [4.78, 5) is 8.35. The Morgan fingerprint density at radius 1 is 1.19 bits per heavy atom. The van der Waals surface area contributed by atoms with E-state index in [9.17, 15) is 5.11 Å². The van der Waals surface area contributed by atoms with Gasteiger partial charge in [0.2, 0.25) is 5.88 Å². The van der Waals surface area contributed by atoms with Crippen molar-refractivity contribution in [3.8, 4) is 17.4 Å². The molecule has 0 aliphatic rings. The van der Waals surface area contributed by atoms with E-state index in [1.165, 1.54) is 0 Å². The number of phenolic OH excluding ortho intramolecular Hbond substituents is 1. The Labute approximate surface area is 93.6 Å². The van der Waals surface area contributed by atoms with E-state index in [2.05, 4.69) is 9.97 Å². The van der Waals surface area contributed by atoms with E-state index >= 15 is 0 Å². The molecule has 16 heavy (non-hydrogen) atoms. The van der Waals surface area contributed by atoms with Gasteiger partial charge in [-0.1, -0.05) is 12.1 Å². The first-order chi connectivity index (χ1) is 7.66. The van der Waals surface area contributed by atoms with Gasteiger partial charge < -0.3 is 9.84 Å². The minimum absolute atomic E-state index is 0.0882. The molecule has 4 nitrogen and oxygen atoms in total. The quantitative estimate of drug-likeness (QED) is 0.838. The lowest BCUT2D eigenvalue weighted by Gasteiger charge is -2.08. The fourth-order valence-electron chi connectivity index (χ4n) is 1.26. The van der Waals surface area contributed by atoms with Gasteiger partial charge in [0, 0.05) is 6.20 Å². The fourth-order valence-corrected chi connectivity index (χ4v) is 1.26. The Morgan fingerprint density at radius 3 is 2.69 bits per heavy atom. The highest BCUT2D eigenvalue weighted by Gasteiger charge is 2.07. The topological polar surface area (TPSA) is 55.2 Å². The maximum absolute atomic E-state index is 9.56. The molecule has 1 N–H and O–H groups in total. The monoisotopic (exact) mass is 216 g/mol. The van der Waals surface area contributed by atoms with Crippen LogP contribution in [0.4, 0.5) is 0 Å². The SMILES string of the molecule is Cc1cnc(C)c(Oc2ccccc2O)n1. The molecule has 0 fully saturated rings. The van der Waals surface area contributed by atoms with Crippen LogP contribution in [0.15, 0.2) is 30.5 Å². The van der Waals surface area contributed by atoms with Crippen LogP contribution in [0, 0.1) is 13.8 Å². The molecule has 1 aromatic carbocycles. The number of nitrogens with zero attached hydrogens (tertiary/aromatic N) is 2. The van der Waals surface area contributed by atoms with Crippen molar-refractivity contribution in [3.05, 3.63) is 41.9 Å². The van der Waals surface area contributed by atoms with Gasteiger partial charge in [-0.05, 0) is 26.0 Å². The van der Waals surface area contributed by atoms with Gasteiger partial charge in [0.15, 0.2) is 11.5 Å². The predicted molar refractivity (Wildman–Crippen MR) is 59.7 cm³/mol. The van der Waals surface area contributed by atoms with Gasteiger partial charge in [0.05, 0.1) is 11.4 Å². The molecule has 0 aliphatic carbocycles. The Balaban J connectivity index is 2.34. The van der Waals surface area contributed by atoms with Gasteiger partial charge in [-0.2, -0.15) is 0 Å². The van der Waals surface area contributed by atoms with Crippen LogP contribution >= 0.6 is 0 Å². The third-order valence-electron chi connectivity index (χ3n) is 2.10. The molecule has 82 valence electrons. The second-order valence-electron chi connectivity index (χ2n) is 3.47. The van der Waals surface area contributed by atoms with Crippen LogP contribution in [0.25, 0.3) is 0 Å². The molecule has 0 amide bonds. The van der Waals surface area contributed by atoms with E-state index in [4.69, 9.17) is 4.74 Å². The van der Waals surface area contributed by atoms with E-state index in [1.807, 2.05) is 13.8 Å². The number of benzene rings is 1. The molecule has 4 heteroatoms. The Morgan fingerprint density at radius 2 is 1.94 bits per heavy atom. The molecule has 0 unspecified atom stereocenters. The molecule has 0 aliphatic heterocycles. The van der Waals surface area contributed by atoms with Crippen LogP contribution in [0.2, 0.25) is 0 Å². The van der Waals surface area contributed by atoms with Gasteiger partial charge in [0.1, 0.15) is 0 Å². The maximum Gasteiger partial charge on any atom is 0.241 e. The summed E-state index contributed by atoms with van der Waals surface area (Å²) in [5.41, 5.74) is 1.46. The third-order valence-corrected chi connectivity index (χ3v) is 2.10. The number of hydrogen-bond donors (Lipinski definition) is 1. The van der Waals surface area contributed by atoms with E-state index in [-0.39, 0.29) is 5.75 Å². The minimum Gasteiger partial charge on any atom is -0.504 e. The highest BCUT2D eigenvalue weighted by molar-refractivity contribution is 5.40. The molecule has 2 rings (SSSR count). The van der Waals surface area contributed by atoms with Crippen molar-refractivity contribution >= 4 is 0 Å². The summed E-state index contributed by atoms with van der Waals surface area (Å²) >= 11 is 0. The van der Waals surface area contributed by atoms with E-state index in [1.54, 1.807) is 30.5 Å². The zero-order valence-electron chi connectivity index (χ0n) is 9.14. The van der Waals surface area contributed by atoms with E-state index in [0.29, 0.717) is 17.3 Å². The van der Waals surface area contributed by atoms with Gasteiger partial charge in [0.25, 0.3) is 0 Å². The molecule has 2 aromatic rings. The minimum atomic E-state index is 0.0882. The van der Waals surface area contributed by atoms with Crippen LogP contribution in [-0.4, -0.2) is 15.1 Å². The molecule has 0 saturated heterocycles. The van der Waals surface area contributed by atoms with Gasteiger partial charge in [-0.15, -0.1) is 0 Å². The molecule has 0 radical (unpaired) electrons. The average molecular weight is 216 g/mol. The van der Waals surface area contributed by atoms with E-state index in [0.717, 1.165) is 5.69 Å². The summed E-state index contributed by atoms with van der Waals surface area (Å²) in [6, 6.07) is 6.76. The predicted octanol–water partition coefficient (Wildman–Crippen LogP) is 2.59. The molecular formula is C12H12N2O2. The van der Waals surface area contributed by atoms with Crippen LogP contribution < -0.4 is 4.74 Å². The van der Waals surface area contributed by atoms with Crippen LogP contribution in [0.5, 0.6) is 17.4 Å². The van der Waals surface area contributed by atoms with E-state index < -0.39 is 0 Å². The normalized spacial score (nSPS) is 10.1. The Kier molecular flexibility index (Phi) is 2.72. The number of hydrogen-bond acceptors (Lipinski definition) is 4. The molecular weight excluding hydrogens is 204 g/mol. The number of rotatable bonds is 2. The molecule has 0 atom stereocenters. The van der Waals surface area contributed by atoms with Crippen molar-refractivity contribution in [1.29, 1.82) is 0 Å². The standard InChI is InChI=1S/C12H12N2O2/c1-8-7-13-9(2)12(14-8)16-11-6-4-3-5-10(11)15/h3-7,15H,1-2H3. The lowest BCUT2D eigenvalue weighted by atomic mass is 10.3. The van der Waals surface area contributed by atoms with Crippen molar-refractivity contribution < 1.29 is 9.84 Å². The molecule has 0 saturated carbocycles. The highest BCUT2D eigenvalue weighted by atomic mass is 16.5. The van der Waals surface area contributed by atoms with Crippen molar-refractivity contribution in [2.45, 2.75) is 13.8 Å². The summed E-state index contributed by atoms with van der Waals surface area (Å²) < 4.78 is 5.50. The van der Waals surface area contributed by atoms with Crippen LogP contribution in [0.1, 0.15) is 11.4 Å². The summed E-state index contributed by atoms with van der Waals surface area (Å²) in [5.74, 6) is 0.886. The lowest BCUT2D eigenvalue weighted by Crippen LogP contribution is -1.95. The number of ether oxygens (including phenoxy) is 1. The number of aromatic nitrogens is 2. The zero-order chi connectivity index (χ0) is 11.5. The lowest BCUT2D eigenvalue weighted by molar-refractivity contribution is 0.398. The first kappa shape index (κ1) is 10.4. The van der Waals surface area contributed by atoms with Crippen molar-refractivity contribution in [2.24, 2.45) is 0 Å². The zero-order valence-corrected chi connectivity index (χ0v) is 9.14. The summed E-state index contributed by atoms with van der Waals surface area (Å²) in [5, 5.41) is 9.56. The first-order valence-corrected chi connectivity index (χ1v) is 4.93. The fraction of sp³-hybridized carbons (Fsp3) is 0.167. The van der Waals surface area contributed by atoms with Crippen molar-refractivity contribution in [3.63, 3.8) is 0 Å². The average Bonchev–Trinajstić information content (AvgIpc) is 2.27. The highest BCUT2D eigenvalue weighted by Crippen LogP contribution is 2.29. The first-order valence-electron chi connectivity index (χ1n) is 4.93. The van der Waals surface area contributed by atoms with Crippen molar-refractivity contribution in [2.75, 3.05) is 0 Å². The van der Waals surface area contributed by atoms with Gasteiger partial charge in [-0.3, -0.25) is 4.98 Å². The Bertz CT molecular complexity index is 512. The summed E-state index contributed by atoms with van der Waals surface area (Å²) in [6.45, 7) is 3.64. The molecule has 1 heterocycles. The van der Waals surface area contributed by atoms with Crippen LogP contribution in [-0.2, 0) is 0 Å². The second kappa shape index (κ2) is 4.18. The van der Waals surface area contributed by atoms with Crippen LogP contribution in [0.3, 0.4) is 0 Å². The van der Waals surface area contributed by atoms with Gasteiger partial charge in [-0.25, -0.2) is 4.98 Å². The largest absolute Gasteiger partial charge is 0.504 e. The van der Waals surface area contributed by atoms with Gasteiger partial charge >= 0.3 is 0 Å². The number of aromatic hydroxyl groups is 1. The second-order valence-corrected chi connectivity index (χ2v) is 3.47. The Hall–Kier alpha value is -2.10.